The first-order valence-corrected chi connectivity index (χ1v) is 6.63. The van der Waals surface area contributed by atoms with Gasteiger partial charge in [-0.1, -0.05) is 6.92 Å². The first-order valence-electron chi connectivity index (χ1n) is 6.63. The Kier molecular flexibility index (Phi) is 3.36. The van der Waals surface area contributed by atoms with Gasteiger partial charge < -0.3 is 10.6 Å². The minimum Gasteiger partial charge on any atom is -0.327 e. The number of fused-ring (bicyclic) bond motifs is 2. The monoisotopic (exact) mass is 210 g/mol. The summed E-state index contributed by atoms with van der Waals surface area (Å²) >= 11 is 0. The zero-order valence-electron chi connectivity index (χ0n) is 10.4. The van der Waals surface area contributed by atoms with E-state index in [9.17, 15) is 0 Å². The summed E-state index contributed by atoms with van der Waals surface area (Å²) in [5, 5.41) is 0. The quantitative estimate of drug-likeness (QED) is 0.770. The lowest BCUT2D eigenvalue weighted by atomic mass is 9.84. The summed E-state index contributed by atoms with van der Waals surface area (Å²) in [7, 11) is 0. The van der Waals surface area contributed by atoms with Crippen LogP contribution in [0.3, 0.4) is 0 Å². The second-order valence-electron chi connectivity index (χ2n) is 5.76. The highest BCUT2D eigenvalue weighted by Gasteiger charge is 2.45. The lowest BCUT2D eigenvalue weighted by Gasteiger charge is -2.34. The van der Waals surface area contributed by atoms with E-state index in [2.05, 4.69) is 25.7 Å². The molecule has 2 N–H and O–H groups in total. The molecule has 0 radical (unpaired) electrons. The van der Waals surface area contributed by atoms with Crippen LogP contribution < -0.4 is 5.73 Å². The molecule has 88 valence electrons. The van der Waals surface area contributed by atoms with Gasteiger partial charge in [0.1, 0.15) is 0 Å². The summed E-state index contributed by atoms with van der Waals surface area (Å²) in [4.78, 5) is 2.57. The second-order valence-corrected chi connectivity index (χ2v) is 5.76. The molecule has 0 aromatic rings. The molecule has 0 aromatic heterocycles. The molecule has 2 saturated carbocycles. The van der Waals surface area contributed by atoms with Gasteiger partial charge in [0.2, 0.25) is 0 Å². The summed E-state index contributed by atoms with van der Waals surface area (Å²) < 4.78 is 0. The van der Waals surface area contributed by atoms with Crippen LogP contribution in [0.15, 0.2) is 0 Å². The predicted molar refractivity (Wildman–Crippen MR) is 64.7 cm³/mol. The van der Waals surface area contributed by atoms with Gasteiger partial charge in [0.15, 0.2) is 0 Å². The van der Waals surface area contributed by atoms with Crippen molar-refractivity contribution >= 4 is 0 Å². The fourth-order valence-electron chi connectivity index (χ4n) is 3.70. The molecule has 0 spiro atoms. The first kappa shape index (κ1) is 11.4. The van der Waals surface area contributed by atoms with Crippen LogP contribution in [0.5, 0.6) is 0 Å². The van der Waals surface area contributed by atoms with E-state index < -0.39 is 0 Å². The molecule has 0 aliphatic heterocycles. The van der Waals surface area contributed by atoms with Gasteiger partial charge in [-0.25, -0.2) is 0 Å². The first-order chi connectivity index (χ1) is 7.13. The van der Waals surface area contributed by atoms with E-state index >= 15 is 0 Å². The van der Waals surface area contributed by atoms with Crippen molar-refractivity contribution in [2.24, 2.45) is 23.5 Å². The van der Waals surface area contributed by atoms with Crippen LogP contribution in [0.1, 0.15) is 40.0 Å². The molecule has 2 bridgehead atoms. The van der Waals surface area contributed by atoms with Crippen LogP contribution in [0.25, 0.3) is 0 Å². The third-order valence-electron chi connectivity index (χ3n) is 4.74. The van der Waals surface area contributed by atoms with Crippen molar-refractivity contribution < 1.29 is 0 Å². The van der Waals surface area contributed by atoms with E-state index in [0.29, 0.717) is 12.1 Å². The molecule has 0 amide bonds. The van der Waals surface area contributed by atoms with Gasteiger partial charge in [-0.05, 0) is 57.4 Å². The maximum absolute atomic E-state index is 6.34. The van der Waals surface area contributed by atoms with Crippen molar-refractivity contribution in [1.29, 1.82) is 0 Å². The zero-order chi connectivity index (χ0) is 11.0. The van der Waals surface area contributed by atoms with Crippen LogP contribution in [0, 0.1) is 17.8 Å². The SMILES string of the molecule is CCN(CC1C2CCC(C2)C1N)C(C)C. The van der Waals surface area contributed by atoms with Crippen molar-refractivity contribution in [3.63, 3.8) is 0 Å². The molecular formula is C13H26N2. The Morgan fingerprint density at radius 1 is 1.27 bits per heavy atom. The second kappa shape index (κ2) is 4.42. The van der Waals surface area contributed by atoms with Crippen molar-refractivity contribution in [3.8, 4) is 0 Å². The number of rotatable bonds is 4. The molecule has 2 aliphatic carbocycles. The van der Waals surface area contributed by atoms with E-state index in [4.69, 9.17) is 5.73 Å². The summed E-state index contributed by atoms with van der Waals surface area (Å²) in [6, 6.07) is 1.16. The average molecular weight is 210 g/mol. The van der Waals surface area contributed by atoms with Crippen LogP contribution in [-0.4, -0.2) is 30.1 Å². The molecule has 4 atom stereocenters. The van der Waals surface area contributed by atoms with E-state index in [1.165, 1.54) is 25.8 Å². The van der Waals surface area contributed by atoms with Gasteiger partial charge in [0.05, 0.1) is 0 Å². The lowest BCUT2D eigenvalue weighted by molar-refractivity contribution is 0.152. The highest BCUT2D eigenvalue weighted by Crippen LogP contribution is 2.47. The van der Waals surface area contributed by atoms with E-state index in [1.807, 2.05) is 0 Å². The number of hydrogen-bond acceptors (Lipinski definition) is 2. The van der Waals surface area contributed by atoms with Gasteiger partial charge in [0, 0.05) is 18.6 Å². The van der Waals surface area contributed by atoms with Gasteiger partial charge in [0.25, 0.3) is 0 Å². The Morgan fingerprint density at radius 3 is 2.40 bits per heavy atom. The summed E-state index contributed by atoms with van der Waals surface area (Å²) in [6.45, 7) is 9.25. The molecule has 0 heterocycles. The molecule has 0 aromatic carbocycles. The maximum Gasteiger partial charge on any atom is 0.0111 e. The Labute approximate surface area is 94.2 Å². The van der Waals surface area contributed by atoms with Crippen LogP contribution in [0.4, 0.5) is 0 Å². The average Bonchev–Trinajstić information content (AvgIpc) is 2.76. The van der Waals surface area contributed by atoms with Crippen molar-refractivity contribution in [2.45, 2.75) is 52.1 Å². The predicted octanol–water partition coefficient (Wildman–Crippen LogP) is 2.09. The summed E-state index contributed by atoms with van der Waals surface area (Å²) in [5.74, 6) is 2.58. The van der Waals surface area contributed by atoms with E-state index in [0.717, 1.165) is 24.3 Å². The highest BCUT2D eigenvalue weighted by molar-refractivity contribution is 4.99. The standard InChI is InChI=1S/C13H26N2/c1-4-15(9(2)3)8-12-10-5-6-11(7-10)13(12)14/h9-13H,4-8,14H2,1-3H3. The Bertz CT molecular complexity index is 213. The fraction of sp³-hybridized carbons (Fsp3) is 1.00. The topological polar surface area (TPSA) is 29.3 Å². The third-order valence-corrected chi connectivity index (χ3v) is 4.74. The highest BCUT2D eigenvalue weighted by atomic mass is 15.1. The third kappa shape index (κ3) is 2.07. The fourth-order valence-corrected chi connectivity index (χ4v) is 3.70. The molecule has 2 heteroatoms. The Morgan fingerprint density at radius 2 is 1.93 bits per heavy atom. The molecule has 2 nitrogen and oxygen atoms in total. The minimum absolute atomic E-state index is 0.497. The number of nitrogens with two attached hydrogens (primary N) is 1. The maximum atomic E-state index is 6.34. The normalized spacial score (nSPS) is 39.6. The zero-order valence-corrected chi connectivity index (χ0v) is 10.4. The van der Waals surface area contributed by atoms with Crippen LogP contribution in [0.2, 0.25) is 0 Å². The molecular weight excluding hydrogens is 184 g/mol. The van der Waals surface area contributed by atoms with E-state index in [-0.39, 0.29) is 0 Å². The van der Waals surface area contributed by atoms with Crippen LogP contribution in [-0.2, 0) is 0 Å². The number of hydrogen-bond donors (Lipinski definition) is 1. The lowest BCUT2D eigenvalue weighted by Crippen LogP contribution is -2.44. The largest absolute Gasteiger partial charge is 0.327 e. The van der Waals surface area contributed by atoms with Crippen molar-refractivity contribution in [3.05, 3.63) is 0 Å². The van der Waals surface area contributed by atoms with Crippen LogP contribution >= 0.6 is 0 Å². The molecule has 2 rings (SSSR count). The summed E-state index contributed by atoms with van der Waals surface area (Å²) in [6.07, 6.45) is 4.26. The molecule has 0 saturated heterocycles. The molecule has 2 fully saturated rings. The smallest absolute Gasteiger partial charge is 0.0111 e. The van der Waals surface area contributed by atoms with Gasteiger partial charge in [-0.2, -0.15) is 0 Å². The van der Waals surface area contributed by atoms with Gasteiger partial charge in [-0.3, -0.25) is 0 Å². The Hall–Kier alpha value is -0.0800. The van der Waals surface area contributed by atoms with Gasteiger partial charge >= 0.3 is 0 Å². The summed E-state index contributed by atoms with van der Waals surface area (Å²) in [5.41, 5.74) is 6.34. The minimum atomic E-state index is 0.497. The van der Waals surface area contributed by atoms with E-state index in [1.54, 1.807) is 0 Å². The van der Waals surface area contributed by atoms with Crippen molar-refractivity contribution in [1.82, 2.24) is 4.90 Å². The molecule has 2 aliphatic rings. The number of nitrogens with zero attached hydrogens (tertiary/aromatic N) is 1. The Balaban J connectivity index is 1.94. The molecule has 15 heavy (non-hydrogen) atoms. The van der Waals surface area contributed by atoms with Crippen molar-refractivity contribution in [2.75, 3.05) is 13.1 Å². The molecule has 4 unspecified atom stereocenters. The van der Waals surface area contributed by atoms with Gasteiger partial charge in [-0.15, -0.1) is 0 Å².